The van der Waals surface area contributed by atoms with Gasteiger partial charge in [0.25, 0.3) is 0 Å². The molecule has 3 nitrogen and oxygen atoms in total. The van der Waals surface area contributed by atoms with Crippen molar-refractivity contribution >= 4 is 0 Å². The average Bonchev–Trinajstić information content (AvgIpc) is 2.41. The summed E-state index contributed by atoms with van der Waals surface area (Å²) < 4.78 is 11.0. The molecule has 0 saturated carbocycles. The van der Waals surface area contributed by atoms with Gasteiger partial charge in [-0.3, -0.25) is 0 Å². The number of para-hydroxylation sites is 2. The lowest BCUT2D eigenvalue weighted by Crippen LogP contribution is -2.03. The second-order valence-electron chi connectivity index (χ2n) is 3.42. The van der Waals surface area contributed by atoms with Gasteiger partial charge in [-0.15, -0.1) is 0 Å². The number of benzene rings is 2. The van der Waals surface area contributed by atoms with E-state index in [1.807, 2.05) is 42.5 Å². The smallest absolute Gasteiger partial charge is 0.301 e. The molecule has 0 saturated heterocycles. The first-order valence-corrected chi connectivity index (χ1v) is 5.44. The van der Waals surface area contributed by atoms with Gasteiger partial charge in [-0.25, -0.2) is 0 Å². The molecule has 18 heavy (non-hydrogen) atoms. The van der Waals surface area contributed by atoms with E-state index in [9.17, 15) is 0 Å². The number of ether oxygens (including phenoxy) is 2. The largest absolute Gasteiger partial charge is 0.425 e. The minimum absolute atomic E-state index is 0.148. The molecule has 2 aromatic rings. The van der Waals surface area contributed by atoms with Crippen molar-refractivity contribution in [3.8, 4) is 17.6 Å². The molecule has 0 N–H and O–H groups in total. The minimum atomic E-state index is 0.148. The summed E-state index contributed by atoms with van der Waals surface area (Å²) in [5, 5.41) is 8.71. The molecule has 2 aromatic carbocycles. The maximum atomic E-state index is 8.71. The van der Waals surface area contributed by atoms with Gasteiger partial charge >= 0.3 is 5.95 Å². The summed E-state index contributed by atoms with van der Waals surface area (Å²) in [5.74, 6) is 1.39. The molecule has 88 valence electrons. The zero-order chi connectivity index (χ0) is 12.6. The van der Waals surface area contributed by atoms with Gasteiger partial charge < -0.3 is 9.47 Å². The van der Waals surface area contributed by atoms with Crippen LogP contribution in [0, 0.1) is 11.3 Å². The number of hydrogen-bond acceptors (Lipinski definition) is 3. The van der Waals surface area contributed by atoms with Gasteiger partial charge in [-0.1, -0.05) is 36.4 Å². The van der Waals surface area contributed by atoms with Crippen LogP contribution < -0.4 is 9.47 Å². The van der Waals surface area contributed by atoms with E-state index in [-0.39, 0.29) is 5.95 Å². The van der Waals surface area contributed by atoms with Crippen molar-refractivity contribution < 1.29 is 9.47 Å². The predicted molar refractivity (Wildman–Crippen MR) is 67.8 cm³/mol. The van der Waals surface area contributed by atoms with Crippen LogP contribution >= 0.6 is 0 Å². The highest BCUT2D eigenvalue weighted by Gasteiger charge is 2.03. The molecule has 0 aliphatic heterocycles. The molecule has 0 atom stereocenters. The summed E-state index contributed by atoms with van der Waals surface area (Å²) in [6.45, 7) is 0. The molecular formula is C15H11NO2. The Balaban J connectivity index is 2.11. The van der Waals surface area contributed by atoms with Crippen molar-refractivity contribution in [3.63, 3.8) is 0 Å². The van der Waals surface area contributed by atoms with Crippen molar-refractivity contribution in [3.05, 3.63) is 72.7 Å². The highest BCUT2D eigenvalue weighted by molar-refractivity contribution is 5.27. The number of hydrogen-bond donors (Lipinski definition) is 0. The molecule has 3 heteroatoms. The first-order chi connectivity index (χ1) is 8.88. The molecule has 0 aliphatic rings. The highest BCUT2D eigenvalue weighted by atomic mass is 16.7. The second kappa shape index (κ2) is 6.12. The van der Waals surface area contributed by atoms with Gasteiger partial charge in [-0.05, 0) is 24.3 Å². The van der Waals surface area contributed by atoms with Crippen LogP contribution in [0.15, 0.2) is 72.7 Å². The lowest BCUT2D eigenvalue weighted by molar-refractivity contribution is 0.226. The van der Waals surface area contributed by atoms with Gasteiger partial charge in [0.2, 0.25) is 0 Å². The van der Waals surface area contributed by atoms with Crippen molar-refractivity contribution in [2.75, 3.05) is 0 Å². The number of nitrogens with zero attached hydrogens (tertiary/aromatic N) is 1. The first kappa shape index (κ1) is 11.7. The third kappa shape index (κ3) is 3.39. The van der Waals surface area contributed by atoms with E-state index in [0.717, 1.165) is 0 Å². The lowest BCUT2D eigenvalue weighted by Gasteiger charge is -2.09. The fraction of sp³-hybridized carbons (Fsp3) is 0. The Hall–Kier alpha value is -2.73. The Morgan fingerprint density at radius 1 is 0.833 bits per heavy atom. The van der Waals surface area contributed by atoms with E-state index in [1.54, 1.807) is 24.3 Å². The Morgan fingerprint density at radius 2 is 1.28 bits per heavy atom. The molecule has 0 bridgehead atoms. The summed E-state index contributed by atoms with van der Waals surface area (Å²) >= 11 is 0. The van der Waals surface area contributed by atoms with Crippen LogP contribution in [0.5, 0.6) is 11.5 Å². The van der Waals surface area contributed by atoms with Crippen molar-refractivity contribution in [1.82, 2.24) is 0 Å². The highest BCUT2D eigenvalue weighted by Crippen LogP contribution is 2.17. The summed E-state index contributed by atoms with van der Waals surface area (Å²) in [4.78, 5) is 0. The van der Waals surface area contributed by atoms with Gasteiger partial charge in [0.05, 0.1) is 12.1 Å². The molecule has 0 spiro atoms. The van der Waals surface area contributed by atoms with Gasteiger partial charge in [-0.2, -0.15) is 5.26 Å². The monoisotopic (exact) mass is 237 g/mol. The zero-order valence-electron chi connectivity index (χ0n) is 9.61. The topological polar surface area (TPSA) is 42.2 Å². The van der Waals surface area contributed by atoms with Crippen LogP contribution in [0.25, 0.3) is 0 Å². The van der Waals surface area contributed by atoms with E-state index < -0.39 is 0 Å². The maximum Gasteiger partial charge on any atom is 0.301 e. The quantitative estimate of drug-likeness (QED) is 0.603. The van der Waals surface area contributed by atoms with E-state index in [1.165, 1.54) is 6.08 Å². The first-order valence-electron chi connectivity index (χ1n) is 5.44. The Labute approximate surface area is 106 Å². The van der Waals surface area contributed by atoms with Gasteiger partial charge in [0.1, 0.15) is 11.5 Å². The lowest BCUT2D eigenvalue weighted by atomic mass is 10.3. The summed E-state index contributed by atoms with van der Waals surface area (Å²) in [6, 6.07) is 20.2. The van der Waals surface area contributed by atoms with Crippen molar-refractivity contribution in [2.45, 2.75) is 0 Å². The molecule has 0 aromatic heterocycles. The standard InChI is InChI=1S/C15H11NO2/c16-12-11-15(17-13-7-3-1-4-8-13)18-14-9-5-2-6-10-14/h1-11H. The molecule has 0 heterocycles. The summed E-state index contributed by atoms with van der Waals surface area (Å²) in [6.07, 6.45) is 1.22. The number of nitriles is 1. The summed E-state index contributed by atoms with van der Waals surface area (Å²) in [7, 11) is 0. The zero-order valence-corrected chi connectivity index (χ0v) is 9.61. The van der Waals surface area contributed by atoms with E-state index in [0.29, 0.717) is 11.5 Å². The van der Waals surface area contributed by atoms with E-state index in [2.05, 4.69) is 0 Å². The molecule has 0 unspecified atom stereocenters. The normalized spacial score (nSPS) is 9.06. The molecule has 0 aliphatic carbocycles. The predicted octanol–water partition coefficient (Wildman–Crippen LogP) is 3.51. The Morgan fingerprint density at radius 3 is 1.67 bits per heavy atom. The van der Waals surface area contributed by atoms with Crippen LogP contribution in [-0.4, -0.2) is 0 Å². The third-order valence-corrected chi connectivity index (χ3v) is 2.11. The van der Waals surface area contributed by atoms with Crippen LogP contribution in [0.4, 0.5) is 0 Å². The molecule has 0 fully saturated rings. The maximum absolute atomic E-state index is 8.71. The second-order valence-corrected chi connectivity index (χ2v) is 3.42. The fourth-order valence-electron chi connectivity index (χ4n) is 1.34. The molecular weight excluding hydrogens is 226 g/mol. The SMILES string of the molecule is N#CC=C(Oc1ccccc1)Oc1ccccc1. The van der Waals surface area contributed by atoms with E-state index in [4.69, 9.17) is 14.7 Å². The number of rotatable bonds is 4. The minimum Gasteiger partial charge on any atom is -0.425 e. The summed E-state index contributed by atoms with van der Waals surface area (Å²) in [5.41, 5.74) is 0. The van der Waals surface area contributed by atoms with Gasteiger partial charge in [0.15, 0.2) is 0 Å². The van der Waals surface area contributed by atoms with Crippen molar-refractivity contribution in [1.29, 1.82) is 5.26 Å². The van der Waals surface area contributed by atoms with Crippen molar-refractivity contribution in [2.24, 2.45) is 0 Å². The van der Waals surface area contributed by atoms with Crippen LogP contribution in [0.2, 0.25) is 0 Å². The fourth-order valence-corrected chi connectivity index (χ4v) is 1.34. The Bertz CT molecular complexity index is 513. The molecule has 0 radical (unpaired) electrons. The van der Waals surface area contributed by atoms with Gasteiger partial charge in [0, 0.05) is 0 Å². The number of allylic oxidation sites excluding steroid dienone is 1. The van der Waals surface area contributed by atoms with Crippen LogP contribution in [-0.2, 0) is 0 Å². The molecule has 2 rings (SSSR count). The van der Waals surface area contributed by atoms with Crippen LogP contribution in [0.1, 0.15) is 0 Å². The molecule has 0 amide bonds. The van der Waals surface area contributed by atoms with Crippen LogP contribution in [0.3, 0.4) is 0 Å². The Kier molecular flexibility index (Phi) is 3.99. The van der Waals surface area contributed by atoms with E-state index >= 15 is 0 Å². The average molecular weight is 237 g/mol. The third-order valence-electron chi connectivity index (χ3n) is 2.11.